The topological polar surface area (TPSA) is 4.93 Å². The average Bonchev–Trinajstić information content (AvgIpc) is 2.66. The predicted octanol–water partition coefficient (Wildman–Crippen LogP) is 4.05. The Labute approximate surface area is 99.6 Å². The summed E-state index contributed by atoms with van der Waals surface area (Å²) in [5.74, 6) is 1.93. The van der Waals surface area contributed by atoms with E-state index in [1.54, 1.807) is 6.07 Å². The minimum Gasteiger partial charge on any atom is -0.345 e. The number of nitrogens with zero attached hydrogens (tertiary/aromatic N) is 1. The molecule has 3 heteroatoms. The Balaban J connectivity index is 2.54. The molecular weight excluding hydrogens is 221 g/mol. The highest BCUT2D eigenvalue weighted by atomic mass is 32.2. The van der Waals surface area contributed by atoms with Gasteiger partial charge in [0.2, 0.25) is 0 Å². The van der Waals surface area contributed by atoms with Crippen molar-refractivity contribution in [1.29, 1.82) is 0 Å². The number of hydrogen-bond donors (Lipinski definition) is 0. The van der Waals surface area contributed by atoms with Gasteiger partial charge < -0.3 is 4.57 Å². The fourth-order valence-corrected chi connectivity index (χ4v) is 2.62. The third-order valence-electron chi connectivity index (χ3n) is 2.73. The van der Waals surface area contributed by atoms with Crippen LogP contribution >= 0.6 is 11.8 Å². The molecule has 2 rings (SSSR count). The normalized spacial score (nSPS) is 11.2. The van der Waals surface area contributed by atoms with Gasteiger partial charge in [-0.1, -0.05) is 19.1 Å². The van der Waals surface area contributed by atoms with Crippen molar-refractivity contribution in [3.8, 4) is 0 Å². The zero-order valence-corrected chi connectivity index (χ0v) is 10.5. The van der Waals surface area contributed by atoms with E-state index in [1.807, 2.05) is 29.3 Å². The molecule has 0 atom stereocenters. The van der Waals surface area contributed by atoms with Gasteiger partial charge in [-0.15, -0.1) is 0 Å². The van der Waals surface area contributed by atoms with E-state index in [9.17, 15) is 4.39 Å². The molecule has 86 valence electrons. The second kappa shape index (κ2) is 4.91. The number of fused-ring (bicyclic) bond motifs is 1. The fourth-order valence-electron chi connectivity index (χ4n) is 1.97. The number of rotatable bonds is 4. The second-order valence-electron chi connectivity index (χ2n) is 3.71. The van der Waals surface area contributed by atoms with Crippen molar-refractivity contribution in [2.45, 2.75) is 26.1 Å². The van der Waals surface area contributed by atoms with Crippen LogP contribution in [0.5, 0.6) is 0 Å². The summed E-state index contributed by atoms with van der Waals surface area (Å²) >= 11 is 1.87. The summed E-state index contributed by atoms with van der Waals surface area (Å²) in [5, 5.41) is 1.06. The standard InChI is InChI=1S/C13H16FNS/c1-3-15-8-10(9-16-4-2)11-6-5-7-12(14)13(11)15/h5-8H,3-4,9H2,1-2H3. The number of para-hydroxylation sites is 1. The molecule has 0 saturated heterocycles. The Hall–Kier alpha value is -0.960. The highest BCUT2D eigenvalue weighted by molar-refractivity contribution is 7.98. The van der Waals surface area contributed by atoms with E-state index in [0.29, 0.717) is 0 Å². The largest absolute Gasteiger partial charge is 0.345 e. The molecule has 0 spiro atoms. The molecule has 0 aliphatic carbocycles. The van der Waals surface area contributed by atoms with Crippen LogP contribution in [0, 0.1) is 5.82 Å². The average molecular weight is 237 g/mol. The molecule has 0 aliphatic heterocycles. The van der Waals surface area contributed by atoms with Crippen LogP contribution in [0.4, 0.5) is 4.39 Å². The molecule has 0 radical (unpaired) electrons. The van der Waals surface area contributed by atoms with Crippen LogP contribution in [0.2, 0.25) is 0 Å². The van der Waals surface area contributed by atoms with Gasteiger partial charge in [0.1, 0.15) is 5.82 Å². The molecule has 1 aromatic heterocycles. The number of halogens is 1. The lowest BCUT2D eigenvalue weighted by Gasteiger charge is -2.00. The van der Waals surface area contributed by atoms with Crippen molar-refractivity contribution < 1.29 is 4.39 Å². The maximum Gasteiger partial charge on any atom is 0.147 e. The fraction of sp³-hybridized carbons (Fsp3) is 0.385. The molecule has 1 heterocycles. The molecule has 0 aliphatic rings. The maximum atomic E-state index is 13.7. The van der Waals surface area contributed by atoms with Crippen molar-refractivity contribution in [2.75, 3.05) is 5.75 Å². The lowest BCUT2D eigenvalue weighted by Crippen LogP contribution is -1.92. The number of aryl methyl sites for hydroxylation is 1. The molecule has 1 aromatic carbocycles. The first-order chi connectivity index (χ1) is 7.77. The molecule has 0 fully saturated rings. The minimum absolute atomic E-state index is 0.118. The van der Waals surface area contributed by atoms with Gasteiger partial charge in [0.15, 0.2) is 0 Å². The summed E-state index contributed by atoms with van der Waals surface area (Å²) in [4.78, 5) is 0. The minimum atomic E-state index is -0.118. The lowest BCUT2D eigenvalue weighted by molar-refractivity contribution is 0.626. The first-order valence-corrected chi connectivity index (χ1v) is 6.77. The number of aromatic nitrogens is 1. The summed E-state index contributed by atoms with van der Waals surface area (Å²) in [6.07, 6.45) is 2.08. The van der Waals surface area contributed by atoms with E-state index in [-0.39, 0.29) is 5.82 Å². The van der Waals surface area contributed by atoms with Crippen LogP contribution in [-0.2, 0) is 12.3 Å². The van der Waals surface area contributed by atoms with Crippen molar-refractivity contribution in [3.05, 3.63) is 35.8 Å². The molecule has 0 saturated carbocycles. The molecule has 0 unspecified atom stereocenters. The summed E-state index contributed by atoms with van der Waals surface area (Å²) in [5.41, 5.74) is 1.99. The molecule has 0 bridgehead atoms. The smallest absolute Gasteiger partial charge is 0.147 e. The summed E-state index contributed by atoms with van der Waals surface area (Å²) in [7, 11) is 0. The van der Waals surface area contributed by atoms with Gasteiger partial charge in [-0.25, -0.2) is 4.39 Å². The van der Waals surface area contributed by atoms with E-state index < -0.39 is 0 Å². The maximum absolute atomic E-state index is 13.7. The van der Waals surface area contributed by atoms with Crippen molar-refractivity contribution in [2.24, 2.45) is 0 Å². The van der Waals surface area contributed by atoms with E-state index in [0.717, 1.165) is 29.0 Å². The second-order valence-corrected chi connectivity index (χ2v) is 4.99. The van der Waals surface area contributed by atoms with Crippen LogP contribution in [-0.4, -0.2) is 10.3 Å². The molecule has 1 nitrogen and oxygen atoms in total. The first-order valence-electron chi connectivity index (χ1n) is 5.61. The third kappa shape index (κ3) is 1.96. The molecule has 0 amide bonds. The van der Waals surface area contributed by atoms with Gasteiger partial charge in [-0.3, -0.25) is 0 Å². The van der Waals surface area contributed by atoms with Crippen LogP contribution in [0.3, 0.4) is 0 Å². The van der Waals surface area contributed by atoms with Crippen LogP contribution in [0.15, 0.2) is 24.4 Å². The molecular formula is C13H16FNS. The Morgan fingerprint density at radius 1 is 1.31 bits per heavy atom. The number of hydrogen-bond acceptors (Lipinski definition) is 1. The Morgan fingerprint density at radius 2 is 2.12 bits per heavy atom. The number of benzene rings is 1. The molecule has 0 N–H and O–H groups in total. The van der Waals surface area contributed by atoms with Gasteiger partial charge in [0.05, 0.1) is 5.52 Å². The van der Waals surface area contributed by atoms with Crippen LogP contribution in [0.25, 0.3) is 10.9 Å². The van der Waals surface area contributed by atoms with Crippen LogP contribution < -0.4 is 0 Å². The van der Waals surface area contributed by atoms with Crippen molar-refractivity contribution >= 4 is 22.7 Å². The molecule has 2 aromatic rings. The first kappa shape index (κ1) is 11.5. The van der Waals surface area contributed by atoms with Gasteiger partial charge >= 0.3 is 0 Å². The van der Waals surface area contributed by atoms with Gasteiger partial charge in [-0.2, -0.15) is 11.8 Å². The van der Waals surface area contributed by atoms with E-state index in [2.05, 4.69) is 13.1 Å². The Morgan fingerprint density at radius 3 is 2.81 bits per heavy atom. The van der Waals surface area contributed by atoms with Crippen molar-refractivity contribution in [1.82, 2.24) is 4.57 Å². The Kier molecular flexibility index (Phi) is 3.54. The Bertz CT molecular complexity index is 490. The van der Waals surface area contributed by atoms with Crippen molar-refractivity contribution in [3.63, 3.8) is 0 Å². The lowest BCUT2D eigenvalue weighted by atomic mass is 10.2. The summed E-state index contributed by atoms with van der Waals surface area (Å²) in [6, 6.07) is 5.33. The highest BCUT2D eigenvalue weighted by Gasteiger charge is 2.10. The molecule has 16 heavy (non-hydrogen) atoms. The van der Waals surface area contributed by atoms with E-state index >= 15 is 0 Å². The van der Waals surface area contributed by atoms with Gasteiger partial charge in [0, 0.05) is 23.9 Å². The summed E-state index contributed by atoms with van der Waals surface area (Å²) in [6.45, 7) is 5.00. The SMILES string of the molecule is CCSCc1cn(CC)c2c(F)cccc12. The monoisotopic (exact) mass is 237 g/mol. The summed E-state index contributed by atoms with van der Waals surface area (Å²) < 4.78 is 15.7. The number of thioether (sulfide) groups is 1. The van der Waals surface area contributed by atoms with Crippen LogP contribution in [0.1, 0.15) is 19.4 Å². The highest BCUT2D eigenvalue weighted by Crippen LogP contribution is 2.26. The van der Waals surface area contributed by atoms with Gasteiger partial charge in [0.25, 0.3) is 0 Å². The van der Waals surface area contributed by atoms with E-state index in [1.165, 1.54) is 11.6 Å². The van der Waals surface area contributed by atoms with E-state index in [4.69, 9.17) is 0 Å². The zero-order valence-electron chi connectivity index (χ0n) is 9.66. The van der Waals surface area contributed by atoms with Gasteiger partial charge in [-0.05, 0) is 24.3 Å². The zero-order chi connectivity index (χ0) is 11.5. The predicted molar refractivity (Wildman–Crippen MR) is 69.4 cm³/mol. The third-order valence-corrected chi connectivity index (χ3v) is 3.66. The quantitative estimate of drug-likeness (QED) is 0.776.